The van der Waals surface area contributed by atoms with Crippen LogP contribution < -0.4 is 15.2 Å². The minimum absolute atomic E-state index is 0.114. The van der Waals surface area contributed by atoms with E-state index in [1.165, 1.54) is 19.2 Å². The fourth-order valence-electron chi connectivity index (χ4n) is 2.18. The molecule has 1 amide bonds. The largest absolute Gasteiger partial charge is 0.496 e. The molecule has 0 bridgehead atoms. The van der Waals surface area contributed by atoms with Crippen LogP contribution in [0.4, 0.5) is 0 Å². The summed E-state index contributed by atoms with van der Waals surface area (Å²) in [4.78, 5) is 13.5. The van der Waals surface area contributed by atoms with E-state index >= 15 is 0 Å². The Bertz CT molecular complexity index is 835. The summed E-state index contributed by atoms with van der Waals surface area (Å²) in [5, 5.41) is 10.00. The van der Waals surface area contributed by atoms with Crippen molar-refractivity contribution in [3.05, 3.63) is 44.6 Å². The van der Waals surface area contributed by atoms with Crippen LogP contribution in [0.15, 0.2) is 39.0 Å². The molecule has 2 rings (SSSR count). The summed E-state index contributed by atoms with van der Waals surface area (Å²) in [6.45, 7) is 1.88. The third-order valence-electron chi connectivity index (χ3n) is 3.27. The Morgan fingerprint density at radius 1 is 1.46 bits per heavy atom. The summed E-state index contributed by atoms with van der Waals surface area (Å²) in [5.74, 6) is -0.164. The first-order valence-electron chi connectivity index (χ1n) is 6.96. The molecule has 0 aliphatic heterocycles. The maximum Gasteiger partial charge on any atom is 0.255 e. The van der Waals surface area contributed by atoms with E-state index in [0.29, 0.717) is 6.42 Å². The van der Waals surface area contributed by atoms with Gasteiger partial charge in [-0.2, -0.15) is 0 Å². The summed E-state index contributed by atoms with van der Waals surface area (Å²) in [5.41, 5.74) is 0.114. The number of primary sulfonamides is 1. The summed E-state index contributed by atoms with van der Waals surface area (Å²) in [6, 6.07) is 6.45. The van der Waals surface area contributed by atoms with Crippen molar-refractivity contribution in [2.45, 2.75) is 24.3 Å². The van der Waals surface area contributed by atoms with Gasteiger partial charge in [-0.05, 0) is 46.4 Å². The van der Waals surface area contributed by atoms with E-state index in [4.69, 9.17) is 9.88 Å². The van der Waals surface area contributed by atoms with Gasteiger partial charge in [-0.25, -0.2) is 13.6 Å². The first-order chi connectivity index (χ1) is 11.2. The number of hydrogen-bond donors (Lipinski definition) is 2. The molecule has 3 N–H and O–H groups in total. The molecule has 1 aromatic carbocycles. The van der Waals surface area contributed by atoms with Gasteiger partial charge in [0.15, 0.2) is 0 Å². The van der Waals surface area contributed by atoms with Crippen LogP contribution in [-0.4, -0.2) is 27.5 Å². The van der Waals surface area contributed by atoms with Gasteiger partial charge < -0.3 is 10.1 Å². The lowest BCUT2D eigenvalue weighted by molar-refractivity contribution is 0.0937. The maximum atomic E-state index is 12.5. The zero-order valence-corrected chi connectivity index (χ0v) is 16.3. The highest BCUT2D eigenvalue weighted by atomic mass is 79.9. The number of nitrogens with two attached hydrogens (primary N) is 1. The minimum Gasteiger partial charge on any atom is -0.496 e. The molecular formula is C15H17BrN2O4S2. The molecule has 1 heterocycles. The zero-order chi connectivity index (χ0) is 17.9. The molecule has 0 fully saturated rings. The standard InChI is InChI=1S/C15H17BrN2O4S2/c1-9(6-10-4-3-5-23-10)18-15(19)11-7-14(24(17,20)21)12(16)8-13(11)22-2/h3-5,7-9H,6H2,1-2H3,(H,18,19)(H2,17,20,21)/t9-/m1/s1. The highest BCUT2D eigenvalue weighted by molar-refractivity contribution is 9.10. The Morgan fingerprint density at radius 3 is 2.71 bits per heavy atom. The van der Waals surface area contributed by atoms with Gasteiger partial charge in [0.25, 0.3) is 5.91 Å². The van der Waals surface area contributed by atoms with Crippen molar-refractivity contribution in [1.82, 2.24) is 5.32 Å². The quantitative estimate of drug-likeness (QED) is 0.732. The molecular weight excluding hydrogens is 416 g/mol. The van der Waals surface area contributed by atoms with Crippen LogP contribution in [0.5, 0.6) is 5.75 Å². The lowest BCUT2D eigenvalue weighted by Crippen LogP contribution is -2.34. The number of carbonyl (C=O) groups excluding carboxylic acids is 1. The molecule has 0 spiro atoms. The Morgan fingerprint density at radius 2 is 2.17 bits per heavy atom. The number of amides is 1. The van der Waals surface area contributed by atoms with Crippen LogP contribution in [0.3, 0.4) is 0 Å². The summed E-state index contributed by atoms with van der Waals surface area (Å²) in [7, 11) is -2.56. The molecule has 130 valence electrons. The smallest absolute Gasteiger partial charge is 0.255 e. The predicted molar refractivity (Wildman–Crippen MR) is 97.0 cm³/mol. The lowest BCUT2D eigenvalue weighted by atomic mass is 10.1. The molecule has 0 saturated heterocycles. The number of rotatable bonds is 6. The second kappa shape index (κ2) is 7.64. The van der Waals surface area contributed by atoms with Gasteiger partial charge >= 0.3 is 0 Å². The van der Waals surface area contributed by atoms with Gasteiger partial charge in [0.1, 0.15) is 5.75 Å². The van der Waals surface area contributed by atoms with Crippen LogP contribution in [0.25, 0.3) is 0 Å². The molecule has 6 nitrogen and oxygen atoms in total. The van der Waals surface area contributed by atoms with E-state index < -0.39 is 15.9 Å². The van der Waals surface area contributed by atoms with Crippen LogP contribution in [0.2, 0.25) is 0 Å². The number of methoxy groups -OCH3 is 1. The van der Waals surface area contributed by atoms with Gasteiger partial charge in [0.2, 0.25) is 10.0 Å². The van der Waals surface area contributed by atoms with E-state index in [0.717, 1.165) is 4.88 Å². The van der Waals surface area contributed by atoms with E-state index in [1.54, 1.807) is 11.3 Å². The second-order valence-corrected chi connectivity index (χ2v) is 8.60. The molecule has 0 aliphatic carbocycles. The van der Waals surface area contributed by atoms with Gasteiger partial charge in [-0.3, -0.25) is 4.79 Å². The predicted octanol–water partition coefficient (Wildman–Crippen LogP) is 2.53. The Balaban J connectivity index is 2.27. The van der Waals surface area contributed by atoms with Crippen molar-refractivity contribution in [2.75, 3.05) is 7.11 Å². The van der Waals surface area contributed by atoms with Gasteiger partial charge in [-0.1, -0.05) is 6.07 Å². The minimum atomic E-state index is -3.96. The normalized spacial score (nSPS) is 12.7. The fraction of sp³-hybridized carbons (Fsp3) is 0.267. The fourth-order valence-corrected chi connectivity index (χ4v) is 4.63. The average Bonchev–Trinajstić information content (AvgIpc) is 2.97. The summed E-state index contributed by atoms with van der Waals surface area (Å²) >= 11 is 4.74. The molecule has 0 aliphatic rings. The van der Waals surface area contributed by atoms with Crippen molar-refractivity contribution < 1.29 is 17.9 Å². The van der Waals surface area contributed by atoms with E-state index in [9.17, 15) is 13.2 Å². The third-order valence-corrected chi connectivity index (χ3v) is 6.04. The van der Waals surface area contributed by atoms with Crippen molar-refractivity contribution in [2.24, 2.45) is 5.14 Å². The van der Waals surface area contributed by atoms with Crippen LogP contribution >= 0.6 is 27.3 Å². The third kappa shape index (κ3) is 4.56. The van der Waals surface area contributed by atoms with Gasteiger partial charge in [0, 0.05) is 21.8 Å². The van der Waals surface area contributed by atoms with Gasteiger partial charge in [-0.15, -0.1) is 11.3 Å². The number of thiophene rings is 1. The number of benzene rings is 1. The molecule has 1 aromatic heterocycles. The molecule has 24 heavy (non-hydrogen) atoms. The first kappa shape index (κ1) is 18.9. The number of sulfonamides is 1. The van der Waals surface area contributed by atoms with Crippen LogP contribution in [0.1, 0.15) is 22.2 Å². The molecule has 9 heteroatoms. The monoisotopic (exact) mass is 432 g/mol. The molecule has 0 saturated carbocycles. The zero-order valence-electron chi connectivity index (χ0n) is 13.1. The van der Waals surface area contributed by atoms with Crippen molar-refractivity contribution in [1.29, 1.82) is 0 Å². The number of ether oxygens (including phenoxy) is 1. The average molecular weight is 433 g/mol. The lowest BCUT2D eigenvalue weighted by Gasteiger charge is -2.16. The van der Waals surface area contributed by atoms with Gasteiger partial charge in [0.05, 0.1) is 17.6 Å². The highest BCUT2D eigenvalue weighted by Gasteiger charge is 2.22. The summed E-state index contributed by atoms with van der Waals surface area (Å²) in [6.07, 6.45) is 0.685. The number of hydrogen-bond acceptors (Lipinski definition) is 5. The number of carbonyl (C=O) groups is 1. The number of halogens is 1. The van der Waals surface area contributed by atoms with Crippen LogP contribution in [-0.2, 0) is 16.4 Å². The van der Waals surface area contributed by atoms with Crippen LogP contribution in [0, 0.1) is 0 Å². The number of nitrogens with one attached hydrogen (secondary N) is 1. The SMILES string of the molecule is COc1cc(Br)c(S(N)(=O)=O)cc1C(=O)N[C@H](C)Cc1cccs1. The van der Waals surface area contributed by atoms with E-state index in [1.807, 2.05) is 24.4 Å². The van der Waals surface area contributed by atoms with E-state index in [2.05, 4.69) is 21.2 Å². The topological polar surface area (TPSA) is 98.5 Å². The Labute approximate surface area is 153 Å². The first-order valence-corrected chi connectivity index (χ1v) is 10.2. The highest BCUT2D eigenvalue weighted by Crippen LogP contribution is 2.30. The molecule has 0 radical (unpaired) electrons. The van der Waals surface area contributed by atoms with E-state index in [-0.39, 0.29) is 26.7 Å². The Hall–Kier alpha value is -1.42. The molecule has 2 aromatic rings. The molecule has 0 unspecified atom stereocenters. The van der Waals surface area contributed by atoms with Crippen molar-refractivity contribution in [3.8, 4) is 5.75 Å². The molecule has 1 atom stereocenters. The maximum absolute atomic E-state index is 12.5. The van der Waals surface area contributed by atoms with Crippen molar-refractivity contribution in [3.63, 3.8) is 0 Å². The van der Waals surface area contributed by atoms with Crippen molar-refractivity contribution >= 4 is 43.2 Å². The summed E-state index contributed by atoms with van der Waals surface area (Å²) < 4.78 is 28.7. The second-order valence-electron chi connectivity index (χ2n) is 5.19. The Kier molecular flexibility index (Phi) is 6.02.